The van der Waals surface area contributed by atoms with Gasteiger partial charge in [-0.15, -0.1) is 0 Å². The molecule has 1 aromatic carbocycles. The van der Waals surface area contributed by atoms with Gasteiger partial charge in [0.25, 0.3) is 0 Å². The van der Waals surface area contributed by atoms with Crippen LogP contribution in [0.2, 0.25) is 0 Å². The second kappa shape index (κ2) is 8.03. The number of nitrogens with one attached hydrogen (secondary N) is 1. The molecule has 1 N–H and O–H groups in total. The summed E-state index contributed by atoms with van der Waals surface area (Å²) in [6, 6.07) is 8.48. The molecule has 1 atom stereocenters. The third-order valence-corrected chi connectivity index (χ3v) is 4.28. The lowest BCUT2D eigenvalue weighted by Crippen LogP contribution is -2.51. The van der Waals surface area contributed by atoms with Gasteiger partial charge in [-0.1, -0.05) is 6.92 Å². The molecule has 0 spiro atoms. The van der Waals surface area contributed by atoms with Crippen molar-refractivity contribution in [1.82, 2.24) is 10.2 Å². The van der Waals surface area contributed by atoms with E-state index in [1.807, 2.05) is 17.0 Å². The highest BCUT2D eigenvalue weighted by Crippen LogP contribution is 2.20. The number of hydrogen-bond acceptors (Lipinski definition) is 4. The van der Waals surface area contributed by atoms with Gasteiger partial charge in [-0.25, -0.2) is 0 Å². The molecule has 1 fully saturated rings. The zero-order chi connectivity index (χ0) is 15.9. The molecule has 22 heavy (non-hydrogen) atoms. The lowest BCUT2D eigenvalue weighted by molar-refractivity contribution is -0.130. The Morgan fingerprint density at radius 2 is 1.86 bits per heavy atom. The molecule has 5 nitrogen and oxygen atoms in total. The maximum Gasteiger partial charge on any atom is 0.236 e. The quantitative estimate of drug-likeness (QED) is 0.869. The third kappa shape index (κ3) is 4.37. The average molecular weight is 305 g/mol. The summed E-state index contributed by atoms with van der Waals surface area (Å²) in [4.78, 5) is 16.4. The molecule has 1 unspecified atom stereocenters. The number of carbonyl (C=O) groups excluding carboxylic acids is 1. The van der Waals surface area contributed by atoms with Crippen molar-refractivity contribution in [3.8, 4) is 5.75 Å². The molecule has 5 heteroatoms. The molecule has 1 aromatic rings. The summed E-state index contributed by atoms with van der Waals surface area (Å²) in [6.45, 7) is 7.99. The third-order valence-electron chi connectivity index (χ3n) is 4.28. The zero-order valence-corrected chi connectivity index (χ0v) is 13.8. The fourth-order valence-corrected chi connectivity index (χ4v) is 2.52. The predicted octanol–water partition coefficient (Wildman–Crippen LogP) is 1.73. The molecule has 1 saturated heterocycles. The van der Waals surface area contributed by atoms with E-state index in [0.29, 0.717) is 12.6 Å². The molecule has 2 rings (SSSR count). The van der Waals surface area contributed by atoms with Gasteiger partial charge in [-0.3, -0.25) is 4.79 Å². The summed E-state index contributed by atoms with van der Waals surface area (Å²) in [7, 11) is 1.67. The van der Waals surface area contributed by atoms with Gasteiger partial charge in [0.2, 0.25) is 5.91 Å². The van der Waals surface area contributed by atoms with Crippen LogP contribution >= 0.6 is 0 Å². The van der Waals surface area contributed by atoms with E-state index in [2.05, 4.69) is 36.2 Å². The Morgan fingerprint density at radius 1 is 1.23 bits per heavy atom. The molecule has 0 aliphatic carbocycles. The molecule has 1 amide bonds. The van der Waals surface area contributed by atoms with Crippen molar-refractivity contribution in [1.29, 1.82) is 0 Å². The maximum atomic E-state index is 12.2. The van der Waals surface area contributed by atoms with Crippen LogP contribution in [0.1, 0.15) is 20.3 Å². The Morgan fingerprint density at radius 3 is 2.41 bits per heavy atom. The smallest absolute Gasteiger partial charge is 0.236 e. The van der Waals surface area contributed by atoms with E-state index >= 15 is 0 Å². The van der Waals surface area contributed by atoms with E-state index in [4.69, 9.17) is 4.74 Å². The number of rotatable bonds is 6. The first-order valence-corrected chi connectivity index (χ1v) is 8.04. The van der Waals surface area contributed by atoms with Crippen molar-refractivity contribution in [2.45, 2.75) is 26.3 Å². The largest absolute Gasteiger partial charge is 0.497 e. The summed E-state index contributed by atoms with van der Waals surface area (Å²) in [5.41, 5.74) is 1.19. The van der Waals surface area contributed by atoms with E-state index in [1.165, 1.54) is 5.69 Å². The molecule has 0 saturated carbocycles. The lowest BCUT2D eigenvalue weighted by Gasteiger charge is -2.36. The SMILES string of the molecule is CCC(C)NCC(=O)N1CCN(c2ccc(OC)cc2)CC1. The highest BCUT2D eigenvalue weighted by atomic mass is 16.5. The van der Waals surface area contributed by atoms with Gasteiger partial charge in [-0.2, -0.15) is 0 Å². The number of carbonyl (C=O) groups is 1. The van der Waals surface area contributed by atoms with E-state index in [-0.39, 0.29) is 5.91 Å². The van der Waals surface area contributed by atoms with E-state index in [1.54, 1.807) is 7.11 Å². The van der Waals surface area contributed by atoms with Gasteiger partial charge in [-0.05, 0) is 37.6 Å². The summed E-state index contributed by atoms with van der Waals surface area (Å²) < 4.78 is 5.18. The minimum absolute atomic E-state index is 0.203. The van der Waals surface area contributed by atoms with Crippen LogP contribution in [-0.4, -0.2) is 56.7 Å². The molecule has 1 heterocycles. The molecular weight excluding hydrogens is 278 g/mol. The second-order valence-electron chi connectivity index (χ2n) is 5.76. The summed E-state index contributed by atoms with van der Waals surface area (Å²) in [6.07, 6.45) is 1.04. The van der Waals surface area contributed by atoms with Gasteiger partial charge in [0.05, 0.1) is 13.7 Å². The zero-order valence-electron chi connectivity index (χ0n) is 13.8. The van der Waals surface area contributed by atoms with Crippen LogP contribution in [0.3, 0.4) is 0 Å². The van der Waals surface area contributed by atoms with E-state index < -0.39 is 0 Å². The van der Waals surface area contributed by atoms with E-state index in [0.717, 1.165) is 38.3 Å². The van der Waals surface area contributed by atoms with Crippen molar-refractivity contribution in [3.05, 3.63) is 24.3 Å². The Hall–Kier alpha value is -1.75. The summed E-state index contributed by atoms with van der Waals surface area (Å²) in [5, 5.41) is 3.27. The molecule has 0 aromatic heterocycles. The average Bonchev–Trinajstić information content (AvgIpc) is 2.59. The minimum atomic E-state index is 0.203. The van der Waals surface area contributed by atoms with Gasteiger partial charge in [0.1, 0.15) is 5.75 Å². The monoisotopic (exact) mass is 305 g/mol. The molecule has 122 valence electrons. The van der Waals surface area contributed by atoms with E-state index in [9.17, 15) is 4.79 Å². The fraction of sp³-hybridized carbons (Fsp3) is 0.588. The number of amides is 1. The Kier molecular flexibility index (Phi) is 6.07. The van der Waals surface area contributed by atoms with Crippen molar-refractivity contribution >= 4 is 11.6 Å². The van der Waals surface area contributed by atoms with Crippen molar-refractivity contribution in [2.75, 3.05) is 44.7 Å². The van der Waals surface area contributed by atoms with Gasteiger partial charge < -0.3 is 19.9 Å². The van der Waals surface area contributed by atoms with Crippen molar-refractivity contribution in [3.63, 3.8) is 0 Å². The Bertz CT molecular complexity index is 467. The molecule has 0 radical (unpaired) electrons. The number of piperazine rings is 1. The van der Waals surface area contributed by atoms with Crippen LogP contribution in [0.15, 0.2) is 24.3 Å². The normalized spacial score (nSPS) is 16.5. The Balaban J connectivity index is 1.80. The molecule has 1 aliphatic heterocycles. The van der Waals surface area contributed by atoms with Crippen LogP contribution in [-0.2, 0) is 4.79 Å². The van der Waals surface area contributed by atoms with Crippen LogP contribution in [0.5, 0.6) is 5.75 Å². The number of nitrogens with zero attached hydrogens (tertiary/aromatic N) is 2. The first-order chi connectivity index (χ1) is 10.6. The predicted molar refractivity (Wildman–Crippen MR) is 89.5 cm³/mol. The standard InChI is InChI=1S/C17H27N3O2/c1-4-14(2)18-13-17(21)20-11-9-19(10-12-20)15-5-7-16(22-3)8-6-15/h5-8,14,18H,4,9-13H2,1-3H3. The molecular formula is C17H27N3O2. The van der Waals surface area contributed by atoms with Crippen LogP contribution < -0.4 is 15.0 Å². The first-order valence-electron chi connectivity index (χ1n) is 8.04. The molecule has 1 aliphatic rings. The Labute approximate surface area is 133 Å². The summed E-state index contributed by atoms with van der Waals surface area (Å²) in [5.74, 6) is 1.07. The van der Waals surface area contributed by atoms with Crippen LogP contribution in [0.25, 0.3) is 0 Å². The topological polar surface area (TPSA) is 44.8 Å². The second-order valence-corrected chi connectivity index (χ2v) is 5.76. The van der Waals surface area contributed by atoms with Crippen LogP contribution in [0.4, 0.5) is 5.69 Å². The number of hydrogen-bond donors (Lipinski definition) is 1. The number of ether oxygens (including phenoxy) is 1. The number of benzene rings is 1. The van der Waals surface area contributed by atoms with Gasteiger partial charge in [0, 0.05) is 37.9 Å². The van der Waals surface area contributed by atoms with Crippen molar-refractivity contribution in [2.24, 2.45) is 0 Å². The lowest BCUT2D eigenvalue weighted by atomic mass is 10.2. The number of methoxy groups -OCH3 is 1. The summed E-state index contributed by atoms with van der Waals surface area (Å²) >= 11 is 0. The van der Waals surface area contributed by atoms with Crippen molar-refractivity contribution < 1.29 is 9.53 Å². The first kappa shape index (κ1) is 16.6. The fourth-order valence-electron chi connectivity index (χ4n) is 2.52. The van der Waals surface area contributed by atoms with Gasteiger partial charge >= 0.3 is 0 Å². The van der Waals surface area contributed by atoms with Crippen LogP contribution in [0, 0.1) is 0 Å². The minimum Gasteiger partial charge on any atom is -0.497 e. The highest BCUT2D eigenvalue weighted by molar-refractivity contribution is 5.78. The van der Waals surface area contributed by atoms with Gasteiger partial charge in [0.15, 0.2) is 0 Å². The number of anilines is 1. The molecule has 0 bridgehead atoms. The highest BCUT2D eigenvalue weighted by Gasteiger charge is 2.21. The maximum absolute atomic E-state index is 12.2.